The first kappa shape index (κ1) is 10.0. The van der Waals surface area contributed by atoms with Crippen LogP contribution in [0.3, 0.4) is 0 Å². The molecule has 1 rings (SSSR count). The van der Waals surface area contributed by atoms with Crippen LogP contribution in [0.5, 0.6) is 0 Å². The molecule has 0 saturated heterocycles. The van der Waals surface area contributed by atoms with Gasteiger partial charge in [0.1, 0.15) is 0 Å². The summed E-state index contributed by atoms with van der Waals surface area (Å²) in [6.07, 6.45) is 8.37. The van der Waals surface area contributed by atoms with Crippen molar-refractivity contribution in [1.82, 2.24) is 5.32 Å². The van der Waals surface area contributed by atoms with Gasteiger partial charge in [0, 0.05) is 6.04 Å². The van der Waals surface area contributed by atoms with Crippen LogP contribution in [0, 0.1) is 5.92 Å². The van der Waals surface area contributed by atoms with Crippen molar-refractivity contribution in [2.75, 3.05) is 6.54 Å². The summed E-state index contributed by atoms with van der Waals surface area (Å²) >= 11 is 0. The smallest absolute Gasteiger partial charge is 0.00670 e. The lowest BCUT2D eigenvalue weighted by molar-refractivity contribution is 0.441. The first-order valence-electron chi connectivity index (χ1n) is 5.60. The van der Waals surface area contributed by atoms with Gasteiger partial charge >= 0.3 is 0 Å². The monoisotopic (exact) mass is 169 g/mol. The fourth-order valence-electron chi connectivity index (χ4n) is 1.63. The van der Waals surface area contributed by atoms with Crippen LogP contribution >= 0.6 is 0 Å². The minimum Gasteiger partial charge on any atom is -0.314 e. The van der Waals surface area contributed by atoms with E-state index in [9.17, 15) is 0 Å². The lowest BCUT2D eigenvalue weighted by Gasteiger charge is -2.15. The molecule has 0 radical (unpaired) electrons. The van der Waals surface area contributed by atoms with E-state index in [4.69, 9.17) is 0 Å². The normalized spacial score (nSPS) is 19.5. The second-order valence-corrected chi connectivity index (χ2v) is 4.09. The Labute approximate surface area is 76.9 Å². The van der Waals surface area contributed by atoms with E-state index in [1.54, 1.807) is 0 Å². The van der Waals surface area contributed by atoms with Gasteiger partial charge in [0.15, 0.2) is 0 Å². The number of hydrogen-bond acceptors (Lipinski definition) is 1. The van der Waals surface area contributed by atoms with Gasteiger partial charge in [0.05, 0.1) is 0 Å². The maximum atomic E-state index is 3.64. The molecule has 1 aliphatic carbocycles. The summed E-state index contributed by atoms with van der Waals surface area (Å²) in [6, 6.07) is 0.809. The van der Waals surface area contributed by atoms with Gasteiger partial charge in [-0.05, 0) is 31.7 Å². The Hall–Kier alpha value is -0.0400. The van der Waals surface area contributed by atoms with Gasteiger partial charge in [-0.25, -0.2) is 0 Å². The molecule has 0 aromatic rings. The van der Waals surface area contributed by atoms with Gasteiger partial charge in [0.25, 0.3) is 0 Å². The van der Waals surface area contributed by atoms with Crippen LogP contribution in [-0.2, 0) is 0 Å². The van der Waals surface area contributed by atoms with Gasteiger partial charge in [-0.15, -0.1) is 0 Å². The number of rotatable bonds is 7. The van der Waals surface area contributed by atoms with Crippen molar-refractivity contribution in [3.63, 3.8) is 0 Å². The summed E-state index contributed by atoms with van der Waals surface area (Å²) < 4.78 is 0. The van der Waals surface area contributed by atoms with Crippen LogP contribution in [0.4, 0.5) is 0 Å². The van der Waals surface area contributed by atoms with Crippen LogP contribution in [0.2, 0.25) is 0 Å². The lowest BCUT2D eigenvalue weighted by Crippen LogP contribution is -2.29. The zero-order valence-corrected chi connectivity index (χ0v) is 8.60. The van der Waals surface area contributed by atoms with E-state index >= 15 is 0 Å². The van der Waals surface area contributed by atoms with Gasteiger partial charge in [0.2, 0.25) is 0 Å². The summed E-state index contributed by atoms with van der Waals surface area (Å²) in [4.78, 5) is 0. The largest absolute Gasteiger partial charge is 0.314 e. The summed E-state index contributed by atoms with van der Waals surface area (Å²) in [5, 5.41) is 3.64. The molecule has 1 unspecified atom stereocenters. The zero-order chi connectivity index (χ0) is 8.81. The van der Waals surface area contributed by atoms with Crippen molar-refractivity contribution in [2.24, 2.45) is 5.92 Å². The molecule has 1 atom stereocenters. The quantitative estimate of drug-likeness (QED) is 0.578. The first-order chi connectivity index (χ1) is 5.86. The maximum Gasteiger partial charge on any atom is 0.00670 e. The summed E-state index contributed by atoms with van der Waals surface area (Å²) in [5.41, 5.74) is 0. The van der Waals surface area contributed by atoms with Crippen LogP contribution in [0.15, 0.2) is 0 Å². The third-order valence-corrected chi connectivity index (χ3v) is 2.77. The Bertz CT molecular complexity index is 108. The zero-order valence-electron chi connectivity index (χ0n) is 8.60. The molecule has 0 aromatic carbocycles. The van der Waals surface area contributed by atoms with Crippen LogP contribution in [0.25, 0.3) is 0 Å². The highest BCUT2D eigenvalue weighted by atomic mass is 14.9. The topological polar surface area (TPSA) is 12.0 Å². The lowest BCUT2D eigenvalue weighted by atomic mass is 10.1. The predicted molar refractivity (Wildman–Crippen MR) is 54.3 cm³/mol. The van der Waals surface area contributed by atoms with Crippen molar-refractivity contribution in [3.05, 3.63) is 0 Å². The highest BCUT2D eigenvalue weighted by Gasteiger charge is 2.24. The third-order valence-electron chi connectivity index (χ3n) is 2.77. The van der Waals surface area contributed by atoms with E-state index in [1.807, 2.05) is 0 Å². The SMILES string of the molecule is CCCCNC(CC)CC1CC1. The molecular weight excluding hydrogens is 146 g/mol. The Morgan fingerprint density at radius 2 is 2.08 bits per heavy atom. The second kappa shape index (κ2) is 5.58. The Balaban J connectivity index is 1.98. The fourth-order valence-corrected chi connectivity index (χ4v) is 1.63. The molecule has 0 amide bonds. The van der Waals surface area contributed by atoms with Gasteiger partial charge < -0.3 is 5.32 Å². The van der Waals surface area contributed by atoms with E-state index in [0.717, 1.165) is 12.0 Å². The molecule has 0 spiro atoms. The molecular formula is C11H23N. The molecule has 1 saturated carbocycles. The highest BCUT2D eigenvalue weighted by Crippen LogP contribution is 2.33. The molecule has 1 nitrogen and oxygen atoms in total. The van der Waals surface area contributed by atoms with Crippen molar-refractivity contribution >= 4 is 0 Å². The van der Waals surface area contributed by atoms with E-state index in [2.05, 4.69) is 19.2 Å². The number of unbranched alkanes of at least 4 members (excludes halogenated alkanes) is 1. The van der Waals surface area contributed by atoms with E-state index < -0.39 is 0 Å². The first-order valence-corrected chi connectivity index (χ1v) is 5.60. The fraction of sp³-hybridized carbons (Fsp3) is 1.00. The van der Waals surface area contributed by atoms with Crippen LogP contribution in [0.1, 0.15) is 52.4 Å². The molecule has 0 aliphatic heterocycles. The molecule has 1 N–H and O–H groups in total. The van der Waals surface area contributed by atoms with Crippen molar-refractivity contribution in [2.45, 2.75) is 58.4 Å². The molecule has 72 valence electrons. The minimum absolute atomic E-state index is 0.809. The van der Waals surface area contributed by atoms with Crippen LogP contribution in [-0.4, -0.2) is 12.6 Å². The van der Waals surface area contributed by atoms with Crippen molar-refractivity contribution in [1.29, 1.82) is 0 Å². The predicted octanol–water partition coefficient (Wildman–Crippen LogP) is 2.95. The number of hydrogen-bond donors (Lipinski definition) is 1. The highest BCUT2D eigenvalue weighted by molar-refractivity contribution is 4.79. The molecule has 0 heterocycles. The average molecular weight is 169 g/mol. The van der Waals surface area contributed by atoms with E-state index in [-0.39, 0.29) is 0 Å². The Kier molecular flexibility index (Phi) is 4.67. The standard InChI is InChI=1S/C11H23N/c1-3-5-8-12-11(4-2)9-10-6-7-10/h10-12H,3-9H2,1-2H3. The van der Waals surface area contributed by atoms with Crippen LogP contribution < -0.4 is 5.32 Å². The number of nitrogens with one attached hydrogen (secondary N) is 1. The summed E-state index contributed by atoms with van der Waals surface area (Å²) in [6.45, 7) is 5.78. The summed E-state index contributed by atoms with van der Waals surface area (Å²) in [5.74, 6) is 1.07. The average Bonchev–Trinajstić information content (AvgIpc) is 2.87. The molecule has 0 bridgehead atoms. The van der Waals surface area contributed by atoms with Gasteiger partial charge in [-0.3, -0.25) is 0 Å². The Morgan fingerprint density at radius 3 is 2.58 bits per heavy atom. The maximum absolute atomic E-state index is 3.64. The third kappa shape index (κ3) is 4.10. The summed E-state index contributed by atoms with van der Waals surface area (Å²) in [7, 11) is 0. The minimum atomic E-state index is 0.809. The molecule has 0 aromatic heterocycles. The van der Waals surface area contributed by atoms with Gasteiger partial charge in [-0.2, -0.15) is 0 Å². The Morgan fingerprint density at radius 1 is 1.33 bits per heavy atom. The van der Waals surface area contributed by atoms with Crippen molar-refractivity contribution in [3.8, 4) is 0 Å². The van der Waals surface area contributed by atoms with E-state index in [1.165, 1.54) is 45.1 Å². The second-order valence-electron chi connectivity index (χ2n) is 4.09. The van der Waals surface area contributed by atoms with E-state index in [0.29, 0.717) is 0 Å². The van der Waals surface area contributed by atoms with Gasteiger partial charge in [-0.1, -0.05) is 33.1 Å². The molecule has 1 heteroatoms. The molecule has 1 aliphatic rings. The molecule has 1 fully saturated rings. The van der Waals surface area contributed by atoms with Crippen molar-refractivity contribution < 1.29 is 0 Å². The molecule has 12 heavy (non-hydrogen) atoms.